The van der Waals surface area contributed by atoms with Gasteiger partial charge in [0, 0.05) is 9.77 Å². The summed E-state index contributed by atoms with van der Waals surface area (Å²) >= 11 is 8.17. The minimum Gasteiger partial charge on any atom is -0.382 e. The number of carbonyl (C=O) groups is 1. The van der Waals surface area contributed by atoms with Gasteiger partial charge in [-0.05, 0) is 46.9 Å². The number of nitrogens with one attached hydrogen (secondary N) is 1. The zero-order valence-corrected chi connectivity index (χ0v) is 12.1. The Labute approximate surface area is 122 Å². The molecule has 1 heterocycles. The topological polar surface area (TPSA) is 72.9 Å². The van der Waals surface area contributed by atoms with Gasteiger partial charge in [0.05, 0.1) is 10.7 Å². The first-order chi connectivity index (χ1) is 8.54. The molecule has 0 saturated carbocycles. The summed E-state index contributed by atoms with van der Waals surface area (Å²) < 4.78 is 2.47. The monoisotopic (exact) mass is 376 g/mol. The molecule has 0 spiro atoms. The van der Waals surface area contributed by atoms with E-state index in [1.54, 1.807) is 24.4 Å². The van der Waals surface area contributed by atoms with Crippen LogP contribution in [0.1, 0.15) is 0 Å². The summed E-state index contributed by atoms with van der Waals surface area (Å²) in [5, 5.41) is 7.16. The van der Waals surface area contributed by atoms with Gasteiger partial charge in [0.15, 0.2) is 0 Å². The molecule has 0 atom stereocenters. The van der Waals surface area contributed by atoms with Gasteiger partial charge >= 0.3 is 0 Å². The Morgan fingerprint density at radius 1 is 1.50 bits per heavy atom. The van der Waals surface area contributed by atoms with E-state index < -0.39 is 0 Å². The number of rotatable bonds is 3. The lowest BCUT2D eigenvalue weighted by Gasteiger charge is -2.07. The Morgan fingerprint density at radius 2 is 2.28 bits per heavy atom. The number of aromatic nitrogens is 2. The molecule has 2 aromatic rings. The van der Waals surface area contributed by atoms with Gasteiger partial charge < -0.3 is 11.1 Å². The second-order valence-corrected chi connectivity index (χ2v) is 5.26. The Balaban J connectivity index is 2.03. The highest BCUT2D eigenvalue weighted by atomic mass is 127. The Kier molecular flexibility index (Phi) is 4.07. The van der Waals surface area contributed by atoms with Crippen LogP contribution in [0.3, 0.4) is 0 Å². The second-order valence-electron chi connectivity index (χ2n) is 3.61. The van der Waals surface area contributed by atoms with Crippen LogP contribution in [0.15, 0.2) is 30.5 Å². The lowest BCUT2D eigenvalue weighted by Crippen LogP contribution is -2.19. The van der Waals surface area contributed by atoms with Crippen LogP contribution < -0.4 is 11.1 Å². The fraction of sp³-hybridized carbons (Fsp3) is 0.0909. The lowest BCUT2D eigenvalue weighted by molar-refractivity contribution is -0.116. The standard InChI is InChI=1S/C11H10ClIN4O/c12-8-5-7(13)1-2-9(8)15-11(18)6-17-4-3-10(14)16-17/h1-5H,6H2,(H2,14,16)(H,15,18). The quantitative estimate of drug-likeness (QED) is 0.808. The number of anilines is 2. The molecule has 1 aromatic heterocycles. The Bertz CT molecular complexity index is 584. The minimum atomic E-state index is -0.207. The van der Waals surface area contributed by atoms with Gasteiger partial charge in [-0.2, -0.15) is 5.10 Å². The molecule has 0 radical (unpaired) electrons. The fourth-order valence-corrected chi connectivity index (χ4v) is 2.30. The van der Waals surface area contributed by atoms with Gasteiger partial charge in [-0.15, -0.1) is 0 Å². The van der Waals surface area contributed by atoms with E-state index in [-0.39, 0.29) is 12.5 Å². The number of benzene rings is 1. The van der Waals surface area contributed by atoms with E-state index >= 15 is 0 Å². The van der Waals surface area contributed by atoms with Crippen LogP contribution in [0.5, 0.6) is 0 Å². The summed E-state index contributed by atoms with van der Waals surface area (Å²) in [6.45, 7) is 0.0967. The molecule has 1 amide bonds. The van der Waals surface area contributed by atoms with E-state index in [0.29, 0.717) is 16.5 Å². The normalized spacial score (nSPS) is 10.3. The van der Waals surface area contributed by atoms with Crippen LogP contribution in [0.4, 0.5) is 11.5 Å². The number of hydrogen-bond acceptors (Lipinski definition) is 3. The third-order valence-corrected chi connectivity index (χ3v) is 3.16. The van der Waals surface area contributed by atoms with Crippen LogP contribution >= 0.6 is 34.2 Å². The largest absolute Gasteiger partial charge is 0.382 e. The van der Waals surface area contributed by atoms with E-state index in [9.17, 15) is 4.79 Å². The highest BCUT2D eigenvalue weighted by Gasteiger charge is 2.07. The summed E-state index contributed by atoms with van der Waals surface area (Å²) in [5.74, 6) is 0.177. The van der Waals surface area contributed by atoms with Crippen molar-refractivity contribution in [3.63, 3.8) is 0 Å². The van der Waals surface area contributed by atoms with Crippen LogP contribution in [0.2, 0.25) is 5.02 Å². The van der Waals surface area contributed by atoms with E-state index in [1.807, 2.05) is 6.07 Å². The first-order valence-electron chi connectivity index (χ1n) is 5.08. The first kappa shape index (κ1) is 13.2. The summed E-state index contributed by atoms with van der Waals surface area (Å²) in [7, 11) is 0. The van der Waals surface area contributed by atoms with Crippen molar-refractivity contribution >= 4 is 51.6 Å². The molecule has 0 bridgehead atoms. The van der Waals surface area contributed by atoms with Gasteiger partial charge in [-0.1, -0.05) is 11.6 Å². The highest BCUT2D eigenvalue weighted by molar-refractivity contribution is 14.1. The number of amides is 1. The summed E-state index contributed by atoms with van der Waals surface area (Å²) in [5.41, 5.74) is 6.05. The van der Waals surface area contributed by atoms with Crippen LogP contribution in [-0.4, -0.2) is 15.7 Å². The molecular formula is C11H10ClIN4O. The maximum Gasteiger partial charge on any atom is 0.246 e. The molecule has 0 aliphatic carbocycles. The minimum absolute atomic E-state index is 0.0967. The second kappa shape index (κ2) is 5.57. The summed E-state index contributed by atoms with van der Waals surface area (Å²) in [6.07, 6.45) is 1.64. The molecular weight excluding hydrogens is 367 g/mol. The number of halogens is 2. The van der Waals surface area contributed by atoms with Gasteiger partial charge in [0.2, 0.25) is 5.91 Å². The highest BCUT2D eigenvalue weighted by Crippen LogP contribution is 2.23. The maximum absolute atomic E-state index is 11.8. The lowest BCUT2D eigenvalue weighted by atomic mass is 10.3. The van der Waals surface area contributed by atoms with Gasteiger partial charge in [-0.3, -0.25) is 9.48 Å². The van der Waals surface area contributed by atoms with Crippen LogP contribution in [-0.2, 0) is 11.3 Å². The smallest absolute Gasteiger partial charge is 0.246 e. The van der Waals surface area contributed by atoms with Gasteiger partial charge in [0.1, 0.15) is 12.4 Å². The zero-order valence-electron chi connectivity index (χ0n) is 9.23. The predicted molar refractivity (Wildman–Crippen MR) is 79.4 cm³/mol. The van der Waals surface area contributed by atoms with Crippen molar-refractivity contribution in [3.8, 4) is 0 Å². The molecule has 5 nitrogen and oxygen atoms in total. The van der Waals surface area contributed by atoms with Crippen molar-refractivity contribution in [2.75, 3.05) is 11.1 Å². The third-order valence-electron chi connectivity index (χ3n) is 2.17. The average molecular weight is 377 g/mol. The molecule has 7 heteroatoms. The third kappa shape index (κ3) is 3.36. The molecule has 0 aliphatic rings. The van der Waals surface area contributed by atoms with E-state index in [0.717, 1.165) is 3.57 Å². The van der Waals surface area contributed by atoms with Crippen molar-refractivity contribution in [1.82, 2.24) is 9.78 Å². The Hall–Kier alpha value is -1.28. The van der Waals surface area contributed by atoms with Crippen molar-refractivity contribution < 1.29 is 4.79 Å². The fourth-order valence-electron chi connectivity index (χ4n) is 1.39. The van der Waals surface area contributed by atoms with Crippen molar-refractivity contribution in [2.24, 2.45) is 0 Å². The number of nitrogen functional groups attached to an aromatic ring is 1. The van der Waals surface area contributed by atoms with Crippen molar-refractivity contribution in [2.45, 2.75) is 6.54 Å². The van der Waals surface area contributed by atoms with E-state index in [2.05, 4.69) is 33.0 Å². The molecule has 2 rings (SSSR count). The molecule has 0 aliphatic heterocycles. The van der Waals surface area contributed by atoms with Crippen LogP contribution in [0.25, 0.3) is 0 Å². The van der Waals surface area contributed by atoms with Gasteiger partial charge in [-0.25, -0.2) is 0 Å². The first-order valence-corrected chi connectivity index (χ1v) is 6.54. The average Bonchev–Trinajstić information content (AvgIpc) is 2.68. The molecule has 0 unspecified atom stereocenters. The van der Waals surface area contributed by atoms with Gasteiger partial charge in [0.25, 0.3) is 0 Å². The number of carbonyl (C=O) groups excluding carboxylic acids is 1. The zero-order chi connectivity index (χ0) is 13.1. The number of nitrogens with two attached hydrogens (primary N) is 1. The molecule has 18 heavy (non-hydrogen) atoms. The summed E-state index contributed by atoms with van der Waals surface area (Å²) in [4.78, 5) is 11.8. The van der Waals surface area contributed by atoms with E-state index in [1.165, 1.54) is 4.68 Å². The van der Waals surface area contributed by atoms with Crippen LogP contribution in [0, 0.1) is 3.57 Å². The van der Waals surface area contributed by atoms with Crippen molar-refractivity contribution in [3.05, 3.63) is 39.1 Å². The molecule has 0 saturated heterocycles. The number of nitrogens with zero attached hydrogens (tertiary/aromatic N) is 2. The predicted octanol–water partition coefficient (Wildman–Crippen LogP) is 2.36. The molecule has 1 aromatic carbocycles. The van der Waals surface area contributed by atoms with Crippen molar-refractivity contribution in [1.29, 1.82) is 0 Å². The molecule has 3 N–H and O–H groups in total. The Morgan fingerprint density at radius 3 is 2.89 bits per heavy atom. The van der Waals surface area contributed by atoms with E-state index in [4.69, 9.17) is 17.3 Å². The maximum atomic E-state index is 11.8. The summed E-state index contributed by atoms with van der Waals surface area (Å²) in [6, 6.07) is 7.04. The molecule has 94 valence electrons. The SMILES string of the molecule is Nc1ccn(CC(=O)Nc2ccc(I)cc2Cl)n1. The molecule has 0 fully saturated rings. The number of hydrogen-bond donors (Lipinski definition) is 2.